The molecule has 22 nitrogen and oxygen atoms in total. The molecule has 6 aromatic heterocycles. The van der Waals surface area contributed by atoms with E-state index in [-0.39, 0.29) is 35.0 Å². The lowest BCUT2D eigenvalue weighted by molar-refractivity contribution is 0.0733. The summed E-state index contributed by atoms with van der Waals surface area (Å²) in [6.45, 7) is 10.2. The molecule has 4 aliphatic rings. The molecule has 0 unspecified atom stereocenters. The number of hydrogen-bond donors (Lipinski definition) is 2. The molecule has 2 aromatic carbocycles. The Kier molecular flexibility index (Phi) is 15.6. The lowest BCUT2D eigenvalue weighted by atomic mass is 10.1. The average molecular weight is 1100 g/mol. The van der Waals surface area contributed by atoms with E-state index in [0.717, 1.165) is 34.1 Å². The van der Waals surface area contributed by atoms with Crippen molar-refractivity contribution in [3.05, 3.63) is 211 Å². The van der Waals surface area contributed by atoms with Crippen molar-refractivity contribution in [3.63, 3.8) is 0 Å². The van der Waals surface area contributed by atoms with Gasteiger partial charge in [-0.3, -0.25) is 29.1 Å². The second-order valence-corrected chi connectivity index (χ2v) is 20.1. The number of piperazine rings is 2. The third-order valence-corrected chi connectivity index (χ3v) is 15.3. The highest BCUT2D eigenvalue weighted by molar-refractivity contribution is 5.93. The Morgan fingerprint density at radius 3 is 1.35 bits per heavy atom. The summed E-state index contributed by atoms with van der Waals surface area (Å²) < 4.78 is 12.5. The normalized spacial score (nSPS) is 16.3. The first-order valence-corrected chi connectivity index (χ1v) is 26.8. The quantitative estimate of drug-likeness (QED) is 0.149. The van der Waals surface area contributed by atoms with Crippen LogP contribution < -0.4 is 40.2 Å². The molecule has 2 fully saturated rings. The first-order chi connectivity index (χ1) is 40.0. The summed E-state index contributed by atoms with van der Waals surface area (Å²) in [7, 11) is 0. The third kappa shape index (κ3) is 11.4. The molecule has 4 aliphatic heterocycles. The van der Waals surface area contributed by atoms with Gasteiger partial charge in [-0.25, -0.2) is 20.2 Å². The van der Waals surface area contributed by atoms with Gasteiger partial charge in [-0.1, -0.05) is 48.5 Å². The van der Waals surface area contributed by atoms with Crippen LogP contribution in [0.4, 0.5) is 23.0 Å². The number of amides is 2. The molecule has 0 bridgehead atoms. The standard InChI is InChI=1S/2C30H28N8O3/c2*1-20-26(17-34-35-29(20)39)38-18-22-4-2-3-5-24(22)27(38)19-41-23-8-9-32-25(14-23)30(40)37-12-10-36(11-13-37)28-7-6-21(15-31)16-33-28/h2*2-9,14,16-17,27H,10-13,18-19H2,1H3,(H,35,39)/t2*27-/m10/s1. The number of H-pyrrole nitrogens is 2. The van der Waals surface area contributed by atoms with Crippen LogP contribution in [0.5, 0.6) is 11.5 Å². The smallest absolute Gasteiger partial charge is 0.272 e. The molecule has 0 aliphatic carbocycles. The highest BCUT2D eigenvalue weighted by atomic mass is 16.5. The summed E-state index contributed by atoms with van der Waals surface area (Å²) in [6, 6.07) is 34.2. The van der Waals surface area contributed by atoms with Crippen LogP contribution in [0, 0.1) is 36.5 Å². The summed E-state index contributed by atoms with van der Waals surface area (Å²) >= 11 is 0. The van der Waals surface area contributed by atoms with Crippen molar-refractivity contribution in [1.29, 1.82) is 10.5 Å². The maximum atomic E-state index is 13.3. The molecule has 0 saturated carbocycles. The van der Waals surface area contributed by atoms with Crippen molar-refractivity contribution in [2.24, 2.45) is 0 Å². The summed E-state index contributed by atoms with van der Waals surface area (Å²) in [5.41, 5.74) is 8.58. The van der Waals surface area contributed by atoms with Gasteiger partial charge in [-0.05, 0) is 72.5 Å². The van der Waals surface area contributed by atoms with E-state index in [4.69, 9.17) is 20.0 Å². The van der Waals surface area contributed by atoms with Crippen LogP contribution in [0.2, 0.25) is 0 Å². The van der Waals surface area contributed by atoms with Gasteiger partial charge in [0.2, 0.25) is 0 Å². The first-order valence-electron chi connectivity index (χ1n) is 26.8. The van der Waals surface area contributed by atoms with E-state index < -0.39 is 0 Å². The van der Waals surface area contributed by atoms with Gasteiger partial charge in [0.25, 0.3) is 22.9 Å². The fourth-order valence-corrected chi connectivity index (χ4v) is 10.7. The number of nitriles is 2. The van der Waals surface area contributed by atoms with E-state index in [0.29, 0.717) is 124 Å². The second-order valence-electron chi connectivity index (χ2n) is 20.1. The van der Waals surface area contributed by atoms with Crippen LogP contribution in [0.15, 0.2) is 144 Å². The highest BCUT2D eigenvalue weighted by Gasteiger charge is 2.35. The van der Waals surface area contributed by atoms with Gasteiger partial charge < -0.3 is 38.9 Å². The Labute approximate surface area is 471 Å². The highest BCUT2D eigenvalue weighted by Crippen LogP contribution is 2.40. The van der Waals surface area contributed by atoms with E-state index in [1.54, 1.807) is 97.2 Å². The summed E-state index contributed by atoms with van der Waals surface area (Å²) in [4.78, 5) is 80.5. The maximum Gasteiger partial charge on any atom is 0.272 e. The van der Waals surface area contributed by atoms with Crippen molar-refractivity contribution >= 4 is 34.8 Å². The fourth-order valence-electron chi connectivity index (χ4n) is 10.7. The number of anilines is 4. The Hall–Kier alpha value is -10.5. The molecule has 12 rings (SSSR count). The van der Waals surface area contributed by atoms with Crippen LogP contribution in [0.25, 0.3) is 0 Å². The minimum absolute atomic E-state index is 0.135. The van der Waals surface area contributed by atoms with E-state index in [9.17, 15) is 19.2 Å². The van der Waals surface area contributed by atoms with Crippen LogP contribution in [0.3, 0.4) is 0 Å². The predicted molar refractivity (Wildman–Crippen MR) is 304 cm³/mol. The predicted octanol–water partition coefficient (Wildman–Crippen LogP) is 5.69. The van der Waals surface area contributed by atoms with Gasteiger partial charge in [-0.15, -0.1) is 0 Å². The lowest BCUT2D eigenvalue weighted by Gasteiger charge is -2.35. The molecule has 0 spiro atoms. The molecule has 22 heteroatoms. The fraction of sp³-hybridized carbons (Fsp3) is 0.267. The van der Waals surface area contributed by atoms with E-state index in [1.807, 2.05) is 36.4 Å². The molecule has 8 aromatic rings. The Balaban J connectivity index is 0.000000172. The molecule has 2 N–H and O–H groups in total. The Morgan fingerprint density at radius 1 is 0.549 bits per heavy atom. The molecule has 2 atom stereocenters. The molecular formula is C60H56N16O6. The number of carbonyl (C=O) groups is 2. The zero-order valence-electron chi connectivity index (χ0n) is 45.1. The van der Waals surface area contributed by atoms with Crippen molar-refractivity contribution in [2.75, 3.05) is 85.2 Å². The maximum absolute atomic E-state index is 13.3. The molecule has 10 heterocycles. The second kappa shape index (κ2) is 23.9. The summed E-state index contributed by atoms with van der Waals surface area (Å²) in [5.74, 6) is 2.38. The van der Waals surface area contributed by atoms with Crippen LogP contribution in [0.1, 0.15) is 77.6 Å². The van der Waals surface area contributed by atoms with E-state index in [1.165, 1.54) is 11.1 Å². The number of carbonyl (C=O) groups excluding carboxylic acids is 2. The number of nitrogens with zero attached hydrogens (tertiary/aromatic N) is 14. The van der Waals surface area contributed by atoms with Gasteiger partial charge in [0.05, 0.1) is 47.0 Å². The van der Waals surface area contributed by atoms with Gasteiger partial charge in [0.15, 0.2) is 0 Å². The molecule has 82 heavy (non-hydrogen) atoms. The Bertz CT molecular complexity index is 3590. The van der Waals surface area contributed by atoms with Crippen molar-refractivity contribution < 1.29 is 19.1 Å². The number of pyridine rings is 4. The number of ether oxygens (including phenoxy) is 2. The van der Waals surface area contributed by atoms with E-state index in [2.05, 4.69) is 96.3 Å². The van der Waals surface area contributed by atoms with Crippen molar-refractivity contribution in [2.45, 2.75) is 39.0 Å². The number of rotatable bonds is 12. The number of nitrogens with one attached hydrogen (secondary N) is 2. The molecule has 2 saturated heterocycles. The lowest BCUT2D eigenvalue weighted by Crippen LogP contribution is -2.49. The molecule has 2 amide bonds. The third-order valence-electron chi connectivity index (χ3n) is 15.3. The number of aromatic nitrogens is 8. The minimum Gasteiger partial charge on any atom is -0.491 e. The first kappa shape index (κ1) is 53.5. The average Bonchev–Trinajstić information content (AvgIpc) is 4.04. The zero-order chi connectivity index (χ0) is 56.7. The summed E-state index contributed by atoms with van der Waals surface area (Å²) in [5, 5.41) is 31.0. The Morgan fingerprint density at radius 2 is 0.963 bits per heavy atom. The van der Waals surface area contributed by atoms with Gasteiger partial charge in [0, 0.05) is 113 Å². The largest absolute Gasteiger partial charge is 0.491 e. The monoisotopic (exact) mass is 1100 g/mol. The minimum atomic E-state index is -0.218. The number of benzene rings is 2. The zero-order valence-corrected chi connectivity index (χ0v) is 45.1. The number of aromatic amines is 2. The number of hydrogen-bond acceptors (Lipinski definition) is 18. The van der Waals surface area contributed by atoms with Crippen LogP contribution in [-0.2, 0) is 13.1 Å². The van der Waals surface area contributed by atoms with Gasteiger partial charge >= 0.3 is 0 Å². The van der Waals surface area contributed by atoms with Gasteiger partial charge in [0.1, 0.15) is 59.9 Å². The van der Waals surface area contributed by atoms with E-state index >= 15 is 0 Å². The SMILES string of the molecule is Cc1c(N2Cc3ccccc3[C@@H]2COc2ccnc(C(=O)N3CCN(c4ccc(C#N)cn4)CC3)c2)cn[nH]c1=O.Cc1c(N2Cc3ccccc3[C@H]2COc2ccnc(C(=O)N3CCN(c4ccc(C#N)cn4)CC3)c2)cn[nH]c1=O. The topological polar surface area (TPSA) is 263 Å². The van der Waals surface area contributed by atoms with Crippen molar-refractivity contribution in [3.8, 4) is 23.6 Å². The van der Waals surface area contributed by atoms with Gasteiger partial charge in [-0.2, -0.15) is 20.7 Å². The van der Waals surface area contributed by atoms with Crippen LogP contribution >= 0.6 is 0 Å². The molecule has 0 radical (unpaired) electrons. The molecular weight excluding hydrogens is 1040 g/mol. The molecule has 412 valence electrons. The summed E-state index contributed by atoms with van der Waals surface area (Å²) in [6.07, 6.45) is 9.65. The number of fused-ring (bicyclic) bond motifs is 2. The van der Waals surface area contributed by atoms with Crippen molar-refractivity contribution in [1.82, 2.24) is 50.1 Å². The van der Waals surface area contributed by atoms with Crippen LogP contribution in [-0.4, -0.2) is 128 Å².